The Labute approximate surface area is 126 Å². The van der Waals surface area contributed by atoms with E-state index < -0.39 is 0 Å². The van der Waals surface area contributed by atoms with Crippen molar-refractivity contribution in [2.75, 3.05) is 54.6 Å². The minimum atomic E-state index is 0.0239. The maximum atomic E-state index is 9.83. The van der Waals surface area contributed by atoms with Crippen molar-refractivity contribution in [3.05, 3.63) is 17.7 Å². The Morgan fingerprint density at radius 1 is 1.10 bits per heavy atom. The fourth-order valence-corrected chi connectivity index (χ4v) is 1.78. The van der Waals surface area contributed by atoms with Crippen molar-refractivity contribution in [1.82, 2.24) is 10.2 Å². The van der Waals surface area contributed by atoms with Crippen LogP contribution in [0.25, 0.3) is 0 Å². The molecule has 0 bridgehead atoms. The Balaban J connectivity index is 2.35. The Morgan fingerprint density at radius 3 is 2.24 bits per heavy atom. The van der Waals surface area contributed by atoms with Gasteiger partial charge in [0.25, 0.3) is 0 Å². The first-order chi connectivity index (χ1) is 10.1. The Morgan fingerprint density at radius 2 is 1.71 bits per heavy atom. The molecule has 0 saturated heterocycles. The standard InChI is InChI=1S/C15H26N2O4/c1-17(2)6-8-21-7-5-16-11-12-9-13(19-3)15(18)14(10-12)20-4/h9-10,16,18H,5-8,11H2,1-4H3. The summed E-state index contributed by atoms with van der Waals surface area (Å²) in [5, 5.41) is 13.1. The van der Waals surface area contributed by atoms with Gasteiger partial charge >= 0.3 is 0 Å². The molecule has 2 N–H and O–H groups in total. The van der Waals surface area contributed by atoms with E-state index in [0.29, 0.717) is 24.7 Å². The van der Waals surface area contributed by atoms with E-state index in [4.69, 9.17) is 14.2 Å². The lowest BCUT2D eigenvalue weighted by atomic mass is 10.2. The number of methoxy groups -OCH3 is 2. The number of likely N-dealkylation sites (N-methyl/N-ethyl adjacent to an activating group) is 1. The van der Waals surface area contributed by atoms with Gasteiger partial charge in [-0.05, 0) is 31.8 Å². The SMILES string of the molecule is COc1cc(CNCCOCCN(C)C)cc(OC)c1O. The summed E-state index contributed by atoms with van der Waals surface area (Å²) in [7, 11) is 7.08. The van der Waals surface area contributed by atoms with Crippen molar-refractivity contribution in [2.45, 2.75) is 6.54 Å². The Kier molecular flexibility index (Phi) is 7.89. The maximum absolute atomic E-state index is 9.83. The lowest BCUT2D eigenvalue weighted by molar-refractivity contribution is 0.119. The minimum absolute atomic E-state index is 0.0239. The molecule has 0 aliphatic carbocycles. The normalized spacial score (nSPS) is 10.9. The summed E-state index contributed by atoms with van der Waals surface area (Å²) in [5.41, 5.74) is 0.981. The molecule has 6 heteroatoms. The molecule has 0 fully saturated rings. The first kappa shape index (κ1) is 17.6. The molecule has 1 aromatic rings. The van der Waals surface area contributed by atoms with Crippen LogP contribution in [0.15, 0.2) is 12.1 Å². The zero-order chi connectivity index (χ0) is 15.7. The second-order valence-electron chi connectivity index (χ2n) is 4.94. The number of rotatable bonds is 10. The second-order valence-corrected chi connectivity index (χ2v) is 4.94. The maximum Gasteiger partial charge on any atom is 0.200 e. The highest BCUT2D eigenvalue weighted by Crippen LogP contribution is 2.36. The summed E-state index contributed by atoms with van der Waals surface area (Å²) < 4.78 is 15.7. The summed E-state index contributed by atoms with van der Waals surface area (Å²) in [4.78, 5) is 2.09. The summed E-state index contributed by atoms with van der Waals surface area (Å²) in [6.45, 7) is 3.74. The van der Waals surface area contributed by atoms with Crippen molar-refractivity contribution < 1.29 is 19.3 Å². The van der Waals surface area contributed by atoms with Gasteiger partial charge in [0.2, 0.25) is 5.75 Å². The van der Waals surface area contributed by atoms with Gasteiger partial charge in [-0.15, -0.1) is 0 Å². The predicted molar refractivity (Wildman–Crippen MR) is 82.3 cm³/mol. The number of benzene rings is 1. The molecule has 0 atom stereocenters. The van der Waals surface area contributed by atoms with Crippen molar-refractivity contribution in [3.63, 3.8) is 0 Å². The number of nitrogens with one attached hydrogen (secondary N) is 1. The van der Waals surface area contributed by atoms with E-state index in [2.05, 4.69) is 10.2 Å². The summed E-state index contributed by atoms with van der Waals surface area (Å²) in [5.74, 6) is 0.845. The summed E-state index contributed by atoms with van der Waals surface area (Å²) in [6, 6.07) is 3.58. The summed E-state index contributed by atoms with van der Waals surface area (Å²) in [6.07, 6.45) is 0. The summed E-state index contributed by atoms with van der Waals surface area (Å²) >= 11 is 0. The van der Waals surface area contributed by atoms with E-state index >= 15 is 0 Å². The van der Waals surface area contributed by atoms with Crippen LogP contribution in [0.5, 0.6) is 17.2 Å². The van der Waals surface area contributed by atoms with Crippen molar-refractivity contribution in [2.24, 2.45) is 0 Å². The molecule has 0 amide bonds. The number of phenolic OH excluding ortho intramolecular Hbond substituents is 1. The Bertz CT molecular complexity index is 399. The van der Waals surface area contributed by atoms with Gasteiger partial charge in [-0.1, -0.05) is 0 Å². The van der Waals surface area contributed by atoms with E-state index in [0.717, 1.165) is 25.3 Å². The highest BCUT2D eigenvalue weighted by Gasteiger charge is 2.10. The van der Waals surface area contributed by atoms with Crippen LogP contribution in [0.3, 0.4) is 0 Å². The zero-order valence-electron chi connectivity index (χ0n) is 13.3. The van der Waals surface area contributed by atoms with Crippen molar-refractivity contribution in [1.29, 1.82) is 0 Å². The molecule has 1 aromatic carbocycles. The van der Waals surface area contributed by atoms with Gasteiger partial charge in [0.1, 0.15) is 0 Å². The fraction of sp³-hybridized carbons (Fsp3) is 0.600. The quantitative estimate of drug-likeness (QED) is 0.630. The molecular formula is C15H26N2O4. The largest absolute Gasteiger partial charge is 0.502 e. The third-order valence-corrected chi connectivity index (χ3v) is 2.97. The molecule has 0 heterocycles. The topological polar surface area (TPSA) is 63.2 Å². The number of hydrogen-bond donors (Lipinski definition) is 2. The second kappa shape index (κ2) is 9.44. The van der Waals surface area contributed by atoms with E-state index in [1.807, 2.05) is 14.1 Å². The lowest BCUT2D eigenvalue weighted by Gasteiger charge is -2.12. The molecule has 0 aliphatic heterocycles. The van der Waals surface area contributed by atoms with Crippen LogP contribution in [-0.4, -0.2) is 64.6 Å². The van der Waals surface area contributed by atoms with E-state index in [-0.39, 0.29) is 5.75 Å². The average Bonchev–Trinajstić information content (AvgIpc) is 2.47. The van der Waals surface area contributed by atoms with Gasteiger partial charge in [-0.25, -0.2) is 0 Å². The number of ether oxygens (including phenoxy) is 3. The molecule has 6 nitrogen and oxygen atoms in total. The monoisotopic (exact) mass is 298 g/mol. The predicted octanol–water partition coefficient (Wildman–Crippen LogP) is 1.08. The van der Waals surface area contributed by atoms with Crippen LogP contribution in [0.1, 0.15) is 5.56 Å². The van der Waals surface area contributed by atoms with E-state index in [1.165, 1.54) is 14.2 Å². The third-order valence-electron chi connectivity index (χ3n) is 2.97. The highest BCUT2D eigenvalue weighted by atomic mass is 16.5. The van der Waals surface area contributed by atoms with E-state index in [1.54, 1.807) is 12.1 Å². The number of aromatic hydroxyl groups is 1. The van der Waals surface area contributed by atoms with Crippen LogP contribution < -0.4 is 14.8 Å². The van der Waals surface area contributed by atoms with Gasteiger partial charge in [-0.3, -0.25) is 0 Å². The van der Waals surface area contributed by atoms with Crippen LogP contribution >= 0.6 is 0 Å². The Hall–Kier alpha value is -1.50. The first-order valence-corrected chi connectivity index (χ1v) is 6.95. The van der Waals surface area contributed by atoms with Gasteiger partial charge in [0, 0.05) is 19.6 Å². The van der Waals surface area contributed by atoms with Gasteiger partial charge < -0.3 is 29.5 Å². The van der Waals surface area contributed by atoms with Crippen LogP contribution in [-0.2, 0) is 11.3 Å². The fourth-order valence-electron chi connectivity index (χ4n) is 1.78. The van der Waals surface area contributed by atoms with E-state index in [9.17, 15) is 5.11 Å². The molecule has 120 valence electrons. The van der Waals surface area contributed by atoms with Gasteiger partial charge in [0.15, 0.2) is 11.5 Å². The molecule has 0 unspecified atom stereocenters. The number of phenols is 1. The zero-order valence-corrected chi connectivity index (χ0v) is 13.3. The third kappa shape index (κ3) is 6.20. The molecule has 0 saturated carbocycles. The number of nitrogens with zero attached hydrogens (tertiary/aromatic N) is 1. The van der Waals surface area contributed by atoms with Crippen LogP contribution in [0, 0.1) is 0 Å². The lowest BCUT2D eigenvalue weighted by Crippen LogP contribution is -2.23. The van der Waals surface area contributed by atoms with Gasteiger partial charge in [-0.2, -0.15) is 0 Å². The molecule has 0 aromatic heterocycles. The molecule has 21 heavy (non-hydrogen) atoms. The number of hydrogen-bond acceptors (Lipinski definition) is 6. The molecule has 0 spiro atoms. The molecular weight excluding hydrogens is 272 g/mol. The first-order valence-electron chi connectivity index (χ1n) is 6.95. The smallest absolute Gasteiger partial charge is 0.200 e. The van der Waals surface area contributed by atoms with Crippen LogP contribution in [0.4, 0.5) is 0 Å². The van der Waals surface area contributed by atoms with Gasteiger partial charge in [0.05, 0.1) is 27.4 Å². The highest BCUT2D eigenvalue weighted by molar-refractivity contribution is 5.52. The van der Waals surface area contributed by atoms with Crippen molar-refractivity contribution in [3.8, 4) is 17.2 Å². The van der Waals surface area contributed by atoms with Crippen LogP contribution in [0.2, 0.25) is 0 Å². The average molecular weight is 298 g/mol. The molecule has 0 aliphatic rings. The molecule has 0 radical (unpaired) electrons. The minimum Gasteiger partial charge on any atom is -0.502 e. The molecule has 1 rings (SSSR count). The van der Waals surface area contributed by atoms with Crippen molar-refractivity contribution >= 4 is 0 Å².